The highest BCUT2D eigenvalue weighted by atomic mass is 35.5. The summed E-state index contributed by atoms with van der Waals surface area (Å²) >= 11 is 6.66. The molecule has 1 aromatic heterocycles. The summed E-state index contributed by atoms with van der Waals surface area (Å²) in [7, 11) is -4.05. The number of hydrogen-bond acceptors (Lipinski definition) is 4. The lowest BCUT2D eigenvalue weighted by molar-refractivity contribution is 0.0981. The number of sulfonamides is 1. The molecule has 1 N–H and O–H groups in total. The molecule has 0 fully saturated rings. The van der Waals surface area contributed by atoms with Gasteiger partial charge in [-0.25, -0.2) is 13.1 Å². The second kappa shape index (κ2) is 10.3. The van der Waals surface area contributed by atoms with Gasteiger partial charge in [-0.05, 0) is 65.6 Å². The number of fused-ring (bicyclic) bond motifs is 1. The molecule has 0 saturated carbocycles. The number of carbonyl (C=O) groups excluding carboxylic acids is 1. The van der Waals surface area contributed by atoms with Crippen molar-refractivity contribution in [3.63, 3.8) is 0 Å². The minimum absolute atomic E-state index is 0.00837. The zero-order valence-electron chi connectivity index (χ0n) is 20.6. The number of aryl methyl sites for hydroxylation is 1. The van der Waals surface area contributed by atoms with Crippen molar-refractivity contribution in [3.05, 3.63) is 131 Å². The van der Waals surface area contributed by atoms with E-state index in [-0.39, 0.29) is 10.5 Å². The van der Waals surface area contributed by atoms with Gasteiger partial charge in [-0.3, -0.25) is 4.79 Å². The van der Waals surface area contributed by atoms with Crippen LogP contribution in [0.2, 0.25) is 5.02 Å². The Hall–Kier alpha value is -4.13. The van der Waals surface area contributed by atoms with E-state index in [0.717, 1.165) is 33.2 Å². The molecule has 0 aliphatic heterocycles. The summed E-state index contributed by atoms with van der Waals surface area (Å²) in [6, 6.07) is 26.9. The molecule has 1 amide bonds. The zero-order valence-corrected chi connectivity index (χ0v) is 22.1. The number of carbonyl (C=O) groups is 1. The fourth-order valence-electron chi connectivity index (χ4n) is 4.35. The van der Waals surface area contributed by atoms with Crippen LogP contribution in [0, 0.1) is 6.92 Å². The molecule has 0 aliphatic carbocycles. The molecule has 0 atom stereocenters. The molecule has 4 aromatic carbocycles. The number of rotatable bonds is 7. The number of benzene rings is 4. The molecule has 5 nitrogen and oxygen atoms in total. The van der Waals surface area contributed by atoms with Crippen LogP contribution >= 0.6 is 11.6 Å². The fourth-order valence-corrected chi connectivity index (χ4v) is 5.57. The van der Waals surface area contributed by atoms with Crippen LogP contribution in [0.4, 0.5) is 0 Å². The first kappa shape index (κ1) is 25.5. The van der Waals surface area contributed by atoms with Crippen LogP contribution in [0.5, 0.6) is 0 Å². The molecule has 5 rings (SSSR count). The van der Waals surface area contributed by atoms with Crippen LogP contribution in [-0.4, -0.2) is 14.3 Å². The zero-order chi connectivity index (χ0) is 26.9. The van der Waals surface area contributed by atoms with Gasteiger partial charge >= 0.3 is 0 Å². The summed E-state index contributed by atoms with van der Waals surface area (Å²) < 4.78 is 33.6. The van der Waals surface area contributed by atoms with Gasteiger partial charge in [-0.1, -0.05) is 78.9 Å². The summed E-state index contributed by atoms with van der Waals surface area (Å²) in [5.41, 5.74) is 5.48. The fraction of sp³-hybridized carbons (Fsp3) is 0.0645. The highest BCUT2D eigenvalue weighted by molar-refractivity contribution is 7.90. The normalized spacial score (nSPS) is 11.4. The van der Waals surface area contributed by atoms with E-state index in [2.05, 4.69) is 11.3 Å². The maximum absolute atomic E-state index is 12.9. The number of hydrogen-bond donors (Lipinski definition) is 1. The topological polar surface area (TPSA) is 76.4 Å². The Morgan fingerprint density at radius 3 is 2.37 bits per heavy atom. The second-order valence-electron chi connectivity index (χ2n) is 8.90. The molecule has 7 heteroatoms. The Morgan fingerprint density at radius 2 is 1.68 bits per heavy atom. The molecule has 0 radical (unpaired) electrons. The molecule has 0 aliphatic rings. The van der Waals surface area contributed by atoms with Crippen molar-refractivity contribution in [2.24, 2.45) is 0 Å². The van der Waals surface area contributed by atoms with Crippen molar-refractivity contribution in [2.75, 3.05) is 0 Å². The summed E-state index contributed by atoms with van der Waals surface area (Å²) in [6.45, 7) is 5.52. The maximum atomic E-state index is 12.9. The number of nitrogens with one attached hydrogen (secondary N) is 1. The van der Waals surface area contributed by atoms with Gasteiger partial charge in [-0.15, -0.1) is 0 Å². The number of halogens is 1. The smallest absolute Gasteiger partial charge is 0.265 e. The molecule has 0 unspecified atom stereocenters. The molecule has 0 spiro atoms. The van der Waals surface area contributed by atoms with E-state index < -0.39 is 15.9 Å². The van der Waals surface area contributed by atoms with E-state index in [4.69, 9.17) is 16.0 Å². The van der Waals surface area contributed by atoms with Crippen molar-refractivity contribution < 1.29 is 17.6 Å². The van der Waals surface area contributed by atoms with Crippen LogP contribution in [0.3, 0.4) is 0 Å². The van der Waals surface area contributed by atoms with Crippen molar-refractivity contribution in [1.29, 1.82) is 0 Å². The Bertz CT molecular complexity index is 1770. The predicted octanol–water partition coefficient (Wildman–Crippen LogP) is 7.41. The van der Waals surface area contributed by atoms with Gasteiger partial charge in [0.15, 0.2) is 0 Å². The highest BCUT2D eigenvalue weighted by Crippen LogP contribution is 2.32. The van der Waals surface area contributed by atoms with Crippen LogP contribution in [-0.2, 0) is 16.4 Å². The van der Waals surface area contributed by atoms with E-state index in [1.54, 1.807) is 36.4 Å². The summed E-state index contributed by atoms with van der Waals surface area (Å²) in [5, 5.41) is 1.36. The van der Waals surface area contributed by atoms with Gasteiger partial charge in [0.2, 0.25) is 0 Å². The van der Waals surface area contributed by atoms with Gasteiger partial charge in [0.05, 0.1) is 4.90 Å². The van der Waals surface area contributed by atoms with Crippen molar-refractivity contribution >= 4 is 44.6 Å². The largest absolute Gasteiger partial charge is 0.461 e. The van der Waals surface area contributed by atoms with Gasteiger partial charge in [-0.2, -0.15) is 0 Å². The molecule has 38 heavy (non-hydrogen) atoms. The quantitative estimate of drug-likeness (QED) is 0.233. The molecular formula is C31H24ClNO4S. The molecule has 0 bridgehead atoms. The first-order valence-electron chi connectivity index (χ1n) is 11.9. The van der Waals surface area contributed by atoms with Crippen LogP contribution < -0.4 is 4.72 Å². The molecule has 5 aromatic rings. The van der Waals surface area contributed by atoms with Crippen molar-refractivity contribution in [2.45, 2.75) is 18.2 Å². The van der Waals surface area contributed by atoms with Crippen LogP contribution in [0.25, 0.3) is 28.2 Å². The Balaban J connectivity index is 1.42. The summed E-state index contributed by atoms with van der Waals surface area (Å²) in [4.78, 5) is 12.9. The number of amides is 1. The van der Waals surface area contributed by atoms with Gasteiger partial charge < -0.3 is 4.42 Å². The maximum Gasteiger partial charge on any atom is 0.265 e. The minimum Gasteiger partial charge on any atom is -0.461 e. The third-order valence-electron chi connectivity index (χ3n) is 6.44. The highest BCUT2D eigenvalue weighted by Gasteiger charge is 2.21. The van der Waals surface area contributed by atoms with E-state index in [9.17, 15) is 13.2 Å². The first-order valence-corrected chi connectivity index (χ1v) is 13.8. The van der Waals surface area contributed by atoms with Gasteiger partial charge in [0.1, 0.15) is 11.3 Å². The third kappa shape index (κ3) is 5.14. The van der Waals surface area contributed by atoms with Crippen molar-refractivity contribution in [1.82, 2.24) is 4.72 Å². The van der Waals surface area contributed by atoms with Crippen molar-refractivity contribution in [3.8, 4) is 11.1 Å². The summed E-state index contributed by atoms with van der Waals surface area (Å²) in [5.74, 6) is -0.0227. The lowest BCUT2D eigenvalue weighted by Gasteiger charge is -2.09. The Morgan fingerprint density at radius 1 is 0.947 bits per heavy atom. The Labute approximate surface area is 226 Å². The molecular weight excluding hydrogens is 518 g/mol. The van der Waals surface area contributed by atoms with Crippen LogP contribution in [0.15, 0.2) is 107 Å². The van der Waals surface area contributed by atoms with Gasteiger partial charge in [0, 0.05) is 28.0 Å². The molecule has 0 saturated heterocycles. The first-order chi connectivity index (χ1) is 18.2. The van der Waals surface area contributed by atoms with E-state index in [1.165, 1.54) is 12.1 Å². The third-order valence-corrected chi connectivity index (χ3v) is 8.13. The SMILES string of the molecule is C=Cc1ccc(S(=O)(=O)NC(=O)c2ccc3oc(C)c(Cc4ccc(-c5ccccc5)cc4Cl)c3c2)cc1. The van der Waals surface area contributed by atoms with E-state index in [0.29, 0.717) is 22.8 Å². The molecule has 1 heterocycles. The summed E-state index contributed by atoms with van der Waals surface area (Å²) in [6.07, 6.45) is 2.10. The number of furan rings is 1. The van der Waals surface area contributed by atoms with Crippen LogP contribution in [0.1, 0.15) is 32.8 Å². The minimum atomic E-state index is -4.05. The lowest BCUT2D eigenvalue weighted by Crippen LogP contribution is -2.30. The molecule has 190 valence electrons. The van der Waals surface area contributed by atoms with E-state index in [1.807, 2.05) is 55.5 Å². The lowest BCUT2D eigenvalue weighted by atomic mass is 9.98. The second-order valence-corrected chi connectivity index (χ2v) is 11.0. The average molecular weight is 542 g/mol. The average Bonchev–Trinajstić information content (AvgIpc) is 3.24. The predicted molar refractivity (Wildman–Crippen MR) is 152 cm³/mol. The van der Waals surface area contributed by atoms with Gasteiger partial charge in [0.25, 0.3) is 15.9 Å². The van der Waals surface area contributed by atoms with E-state index >= 15 is 0 Å². The Kier molecular flexibility index (Phi) is 6.93. The standard InChI is InChI=1S/C31H24ClNO4S/c1-3-21-9-14-26(15-10-21)38(35,36)33-31(34)25-13-16-30-28(18-25)27(20(2)37-30)17-24-12-11-23(19-29(24)32)22-7-5-4-6-8-22/h3-16,18-19H,1,17H2,2H3,(H,33,34). The monoisotopic (exact) mass is 541 g/mol.